The Morgan fingerprint density at radius 1 is 1.18 bits per heavy atom. The van der Waals surface area contributed by atoms with Crippen molar-refractivity contribution >= 4 is 22.5 Å². The summed E-state index contributed by atoms with van der Waals surface area (Å²) in [5.74, 6) is -0.783. The van der Waals surface area contributed by atoms with Gasteiger partial charge >= 0.3 is 5.97 Å². The molecule has 5 N–H and O–H groups in total. The molecule has 2 aromatic rings. The fourth-order valence-corrected chi connectivity index (χ4v) is 7.31. The average Bonchev–Trinajstić information content (AvgIpc) is 2.97. The number of unbranched alkanes of at least 4 members (excludes halogenated alkanes) is 1. The zero-order chi connectivity index (χ0) is 28.1. The maximum absolute atomic E-state index is 12.5. The van der Waals surface area contributed by atoms with Crippen LogP contribution in [0.5, 0.6) is 5.75 Å². The fraction of sp³-hybridized carbons (Fsp3) is 0.517. The molecule has 0 saturated carbocycles. The molecule has 38 heavy (non-hydrogen) atoms. The van der Waals surface area contributed by atoms with Crippen molar-refractivity contribution in [2.24, 2.45) is 0 Å². The van der Waals surface area contributed by atoms with Crippen LogP contribution in [0.15, 0.2) is 47.4 Å². The van der Waals surface area contributed by atoms with E-state index < -0.39 is 33.5 Å². The predicted octanol–water partition coefficient (Wildman–Crippen LogP) is 5.75. The maximum atomic E-state index is 12.5. The number of carboxylic acids is 1. The Kier molecular flexibility index (Phi) is 9.52. The number of carbonyl (C=O) groups excluding carboxylic acids is 1. The van der Waals surface area contributed by atoms with E-state index in [-0.39, 0.29) is 24.6 Å². The van der Waals surface area contributed by atoms with Crippen LogP contribution >= 0.6 is 10.6 Å². The van der Waals surface area contributed by atoms with Crippen molar-refractivity contribution in [3.05, 3.63) is 59.2 Å². The number of carbonyl (C=O) groups is 2. The smallest absolute Gasteiger partial charge is 0.328 e. The van der Waals surface area contributed by atoms with Gasteiger partial charge < -0.3 is 15.2 Å². The molecule has 9 heteroatoms. The van der Waals surface area contributed by atoms with Gasteiger partial charge in [-0.1, -0.05) is 57.0 Å². The van der Waals surface area contributed by atoms with Gasteiger partial charge in [0.25, 0.3) is 0 Å². The van der Waals surface area contributed by atoms with E-state index in [1.165, 1.54) is 13.8 Å². The molecule has 210 valence electrons. The summed E-state index contributed by atoms with van der Waals surface area (Å²) in [6.07, 6.45) is 3.81. The van der Waals surface area contributed by atoms with Crippen LogP contribution in [0.4, 0.5) is 0 Å². The van der Waals surface area contributed by atoms with Crippen LogP contribution in [0, 0.1) is 0 Å². The highest BCUT2D eigenvalue weighted by Crippen LogP contribution is 2.58. The van der Waals surface area contributed by atoms with E-state index in [2.05, 4.69) is 24.5 Å². The third-order valence-corrected chi connectivity index (χ3v) is 9.44. The van der Waals surface area contributed by atoms with Gasteiger partial charge in [-0.05, 0) is 56.4 Å². The molecule has 0 unspecified atom stereocenters. The van der Waals surface area contributed by atoms with Gasteiger partial charge in [-0.25, -0.2) is 4.79 Å². The third kappa shape index (κ3) is 6.69. The highest BCUT2D eigenvalue weighted by Gasteiger charge is 2.42. The van der Waals surface area contributed by atoms with Crippen LogP contribution in [-0.4, -0.2) is 50.0 Å². The Labute approximate surface area is 227 Å². The number of fused-ring (bicyclic) bond motifs is 1. The monoisotopic (exact) mass is 546 g/mol. The van der Waals surface area contributed by atoms with Crippen molar-refractivity contribution in [1.82, 2.24) is 10.6 Å². The summed E-state index contributed by atoms with van der Waals surface area (Å²) in [6, 6.07) is 13.3. The summed E-state index contributed by atoms with van der Waals surface area (Å²) in [6.45, 7) is 7.08. The van der Waals surface area contributed by atoms with E-state index in [1.807, 2.05) is 36.4 Å². The minimum atomic E-state index is -3.19. The molecule has 1 aliphatic heterocycles. The first kappa shape index (κ1) is 30.0. The van der Waals surface area contributed by atoms with Gasteiger partial charge in [0.15, 0.2) is 0 Å². The number of aliphatic carboxylic acids is 1. The van der Waals surface area contributed by atoms with Crippen LogP contribution < -0.4 is 15.4 Å². The van der Waals surface area contributed by atoms with E-state index >= 15 is 0 Å². The van der Waals surface area contributed by atoms with Crippen molar-refractivity contribution in [2.75, 3.05) is 12.9 Å². The summed E-state index contributed by atoms with van der Waals surface area (Å²) in [5.41, 5.74) is 0.578. The van der Waals surface area contributed by atoms with Gasteiger partial charge in [0, 0.05) is 17.5 Å². The molecular formula is C29H42N2O6S. The lowest BCUT2D eigenvalue weighted by Crippen LogP contribution is -2.49. The molecule has 1 aliphatic rings. The maximum Gasteiger partial charge on any atom is 0.328 e. The Morgan fingerprint density at radius 3 is 2.45 bits per heavy atom. The van der Waals surface area contributed by atoms with Crippen molar-refractivity contribution in [1.29, 1.82) is 0 Å². The number of amides is 1. The number of ether oxygens (including phenoxy) is 1. The first-order chi connectivity index (χ1) is 17.9. The first-order valence-electron chi connectivity index (χ1n) is 13.2. The molecule has 0 bridgehead atoms. The van der Waals surface area contributed by atoms with Gasteiger partial charge in [0.05, 0.1) is 23.8 Å². The molecule has 0 saturated heterocycles. The molecule has 1 amide bonds. The quantitative estimate of drug-likeness (QED) is 0.243. The second-order valence-corrected chi connectivity index (χ2v) is 12.8. The van der Waals surface area contributed by atoms with E-state index in [1.54, 1.807) is 13.2 Å². The van der Waals surface area contributed by atoms with Crippen molar-refractivity contribution in [2.45, 2.75) is 88.2 Å². The van der Waals surface area contributed by atoms with Gasteiger partial charge in [-0.2, -0.15) is 10.6 Å². The molecule has 0 fully saturated rings. The highest BCUT2D eigenvalue weighted by atomic mass is 32.3. The first-order valence-corrected chi connectivity index (χ1v) is 14.9. The van der Waals surface area contributed by atoms with Crippen LogP contribution in [0.3, 0.4) is 0 Å². The standard InChI is InChI=1S/C29H42N2O6S/c1-6-8-16-29(7-2)19-38(35,36)24-17-21(14-15-25(32)30-28(3,4)27(33)34)23(37-5)18-22(24)26(31-29)20-12-10-9-11-13-20/h9-13,17-18,26,31,35-36H,6-8,14-16,19H2,1-5H3,(H,30,32)(H,33,34)/t26-,29-/m1/s1. The van der Waals surface area contributed by atoms with E-state index in [0.29, 0.717) is 16.2 Å². The zero-order valence-electron chi connectivity index (χ0n) is 23.0. The Hall–Kier alpha value is -2.59. The average molecular weight is 547 g/mol. The number of hydrogen-bond donors (Lipinski definition) is 5. The van der Waals surface area contributed by atoms with Crippen LogP contribution in [0.25, 0.3) is 0 Å². The van der Waals surface area contributed by atoms with Crippen molar-refractivity contribution < 1.29 is 28.5 Å². The summed E-state index contributed by atoms with van der Waals surface area (Å²) >= 11 is 0. The SMILES string of the molecule is CCCC[C@]1(CC)CS(O)(O)c2cc(CCC(=O)NC(C)(C)C(=O)O)c(OC)cc2[C@@H](c2ccccc2)N1. The molecule has 1 heterocycles. The Bertz CT molecular complexity index is 1140. The minimum Gasteiger partial charge on any atom is -0.496 e. The summed E-state index contributed by atoms with van der Waals surface area (Å²) in [7, 11) is -1.64. The zero-order valence-corrected chi connectivity index (χ0v) is 23.9. The minimum absolute atomic E-state index is 0.0286. The molecule has 0 radical (unpaired) electrons. The Balaban J connectivity index is 2.06. The number of aryl methyl sites for hydroxylation is 1. The van der Waals surface area contributed by atoms with Crippen LogP contribution in [0.1, 0.15) is 82.5 Å². The largest absolute Gasteiger partial charge is 0.496 e. The second-order valence-electron chi connectivity index (χ2n) is 10.7. The highest BCUT2D eigenvalue weighted by molar-refractivity contribution is 8.24. The topological polar surface area (TPSA) is 128 Å². The molecule has 3 rings (SSSR count). The number of hydrogen-bond acceptors (Lipinski definition) is 6. The van der Waals surface area contributed by atoms with Gasteiger partial charge in [0.2, 0.25) is 5.91 Å². The number of benzene rings is 2. The lowest BCUT2D eigenvalue weighted by Gasteiger charge is -2.42. The lowest BCUT2D eigenvalue weighted by atomic mass is 9.87. The molecule has 0 aliphatic carbocycles. The third-order valence-electron chi connectivity index (χ3n) is 7.43. The van der Waals surface area contributed by atoms with Gasteiger partial charge in [-0.3, -0.25) is 19.2 Å². The van der Waals surface area contributed by atoms with Gasteiger partial charge in [-0.15, -0.1) is 0 Å². The molecule has 0 aromatic heterocycles. The van der Waals surface area contributed by atoms with E-state index in [0.717, 1.165) is 36.8 Å². The van der Waals surface area contributed by atoms with E-state index in [4.69, 9.17) is 4.74 Å². The predicted molar refractivity (Wildman–Crippen MR) is 151 cm³/mol. The molecular weight excluding hydrogens is 504 g/mol. The summed E-state index contributed by atoms with van der Waals surface area (Å²) in [4.78, 5) is 24.4. The molecule has 2 aromatic carbocycles. The number of nitrogens with one attached hydrogen (secondary N) is 2. The van der Waals surface area contributed by atoms with Crippen LogP contribution in [-0.2, 0) is 16.0 Å². The number of methoxy groups -OCH3 is 1. The van der Waals surface area contributed by atoms with Crippen LogP contribution in [0.2, 0.25) is 0 Å². The number of carboxylic acid groups (broad SMARTS) is 1. The molecule has 0 spiro atoms. The summed E-state index contributed by atoms with van der Waals surface area (Å²) in [5, 5.41) is 15.7. The van der Waals surface area contributed by atoms with Gasteiger partial charge in [0.1, 0.15) is 11.3 Å². The molecule has 8 nitrogen and oxygen atoms in total. The van der Waals surface area contributed by atoms with Crippen molar-refractivity contribution in [3.63, 3.8) is 0 Å². The normalized spacial score (nSPS) is 21.6. The van der Waals surface area contributed by atoms with E-state index in [9.17, 15) is 23.8 Å². The summed E-state index contributed by atoms with van der Waals surface area (Å²) < 4.78 is 29.0. The molecule has 2 atom stereocenters. The van der Waals surface area contributed by atoms with Crippen molar-refractivity contribution in [3.8, 4) is 5.75 Å². The fourth-order valence-electron chi connectivity index (χ4n) is 5.06. The lowest BCUT2D eigenvalue weighted by molar-refractivity contribution is -0.146. The Morgan fingerprint density at radius 2 is 1.87 bits per heavy atom. The second kappa shape index (κ2) is 12.1. The number of rotatable bonds is 11.